The summed E-state index contributed by atoms with van der Waals surface area (Å²) in [7, 11) is 2.16. The molecule has 0 amide bonds. The van der Waals surface area contributed by atoms with Crippen LogP contribution in [0, 0.1) is 5.92 Å². The third-order valence-electron chi connectivity index (χ3n) is 4.29. The Bertz CT molecular complexity index is 373. The molecule has 0 unspecified atom stereocenters. The molecule has 1 aliphatic carbocycles. The fraction of sp³-hybridized carbons (Fsp3) is 0.667. The Morgan fingerprint density at radius 1 is 1.33 bits per heavy atom. The zero-order valence-corrected chi connectivity index (χ0v) is 12.2. The zero-order valence-electron chi connectivity index (χ0n) is 11.4. The topological polar surface area (TPSA) is 16.1 Å². The summed E-state index contributed by atoms with van der Waals surface area (Å²) in [5.74, 6) is 2.54. The van der Waals surface area contributed by atoms with Gasteiger partial charge in [-0.05, 0) is 37.7 Å². The van der Waals surface area contributed by atoms with Gasteiger partial charge in [0.1, 0.15) is 5.82 Å². The van der Waals surface area contributed by atoms with E-state index in [2.05, 4.69) is 29.9 Å². The summed E-state index contributed by atoms with van der Waals surface area (Å²) >= 11 is 5.99. The summed E-state index contributed by atoms with van der Waals surface area (Å²) in [6, 6.07) is 4.66. The number of nitrogens with zero attached hydrogens (tertiary/aromatic N) is 2. The number of hydrogen-bond acceptors (Lipinski definition) is 2. The van der Waals surface area contributed by atoms with Gasteiger partial charge in [0.25, 0.3) is 0 Å². The lowest BCUT2D eigenvalue weighted by molar-refractivity contribution is 0.312. The number of hydrogen-bond donors (Lipinski definition) is 0. The van der Waals surface area contributed by atoms with Crippen LogP contribution in [0.4, 0.5) is 5.82 Å². The largest absolute Gasteiger partial charge is 0.356 e. The third kappa shape index (κ3) is 2.97. The SMILES string of the molecule is CCC1CCC(N(C)c2ncccc2CCl)CC1. The van der Waals surface area contributed by atoms with Gasteiger partial charge < -0.3 is 4.90 Å². The molecule has 0 saturated heterocycles. The maximum Gasteiger partial charge on any atom is 0.132 e. The Hall–Kier alpha value is -0.760. The van der Waals surface area contributed by atoms with Crippen molar-refractivity contribution in [1.29, 1.82) is 0 Å². The average Bonchev–Trinajstić information content (AvgIpc) is 2.46. The Morgan fingerprint density at radius 3 is 2.67 bits per heavy atom. The summed E-state index contributed by atoms with van der Waals surface area (Å²) in [5.41, 5.74) is 1.14. The van der Waals surface area contributed by atoms with Gasteiger partial charge in [0, 0.05) is 24.8 Å². The van der Waals surface area contributed by atoms with Crippen molar-refractivity contribution < 1.29 is 0 Å². The van der Waals surface area contributed by atoms with Crippen LogP contribution in [0.5, 0.6) is 0 Å². The number of halogens is 1. The highest BCUT2D eigenvalue weighted by atomic mass is 35.5. The van der Waals surface area contributed by atoms with Crippen LogP contribution in [-0.4, -0.2) is 18.1 Å². The Balaban J connectivity index is 2.05. The van der Waals surface area contributed by atoms with Gasteiger partial charge in [0.05, 0.1) is 5.88 Å². The lowest BCUT2D eigenvalue weighted by Crippen LogP contribution is -2.36. The zero-order chi connectivity index (χ0) is 13.0. The first kappa shape index (κ1) is 13.7. The molecule has 0 aromatic carbocycles. The van der Waals surface area contributed by atoms with Crippen LogP contribution in [0.1, 0.15) is 44.6 Å². The molecule has 1 aromatic rings. The fourth-order valence-corrected chi connectivity index (χ4v) is 3.17. The molecule has 2 rings (SSSR count). The van der Waals surface area contributed by atoms with Crippen LogP contribution in [0.2, 0.25) is 0 Å². The molecule has 0 N–H and O–H groups in total. The Kier molecular flexibility index (Phi) is 4.87. The second-order valence-electron chi connectivity index (χ2n) is 5.31. The Morgan fingerprint density at radius 2 is 2.06 bits per heavy atom. The second-order valence-corrected chi connectivity index (χ2v) is 5.58. The van der Waals surface area contributed by atoms with Gasteiger partial charge in [-0.25, -0.2) is 4.98 Å². The minimum absolute atomic E-state index is 0.540. The fourth-order valence-electron chi connectivity index (χ4n) is 2.97. The van der Waals surface area contributed by atoms with Crippen molar-refractivity contribution in [1.82, 2.24) is 4.98 Å². The molecule has 0 atom stereocenters. The van der Waals surface area contributed by atoms with Gasteiger partial charge >= 0.3 is 0 Å². The molecule has 100 valence electrons. The van der Waals surface area contributed by atoms with E-state index in [1.807, 2.05) is 12.3 Å². The van der Waals surface area contributed by atoms with E-state index in [1.165, 1.54) is 32.1 Å². The molecule has 0 radical (unpaired) electrons. The summed E-state index contributed by atoms with van der Waals surface area (Å²) in [5, 5.41) is 0. The summed E-state index contributed by atoms with van der Waals surface area (Å²) in [6.07, 6.45) is 8.47. The quantitative estimate of drug-likeness (QED) is 0.759. The molecule has 0 bridgehead atoms. The first-order valence-electron chi connectivity index (χ1n) is 6.99. The van der Waals surface area contributed by atoms with Crippen molar-refractivity contribution in [3.05, 3.63) is 23.9 Å². The van der Waals surface area contributed by atoms with E-state index in [0.717, 1.165) is 17.3 Å². The van der Waals surface area contributed by atoms with Crippen LogP contribution in [0.3, 0.4) is 0 Å². The number of anilines is 1. The molecule has 1 aromatic heterocycles. The standard InChI is InChI=1S/C15H23ClN2/c1-3-12-6-8-14(9-7-12)18(2)15-13(11-16)5-4-10-17-15/h4-5,10,12,14H,3,6-9,11H2,1-2H3. The molecule has 1 aliphatic rings. The first-order chi connectivity index (χ1) is 8.76. The van der Waals surface area contributed by atoms with Crippen LogP contribution in [0.25, 0.3) is 0 Å². The molecule has 0 aliphatic heterocycles. The van der Waals surface area contributed by atoms with Gasteiger partial charge in [0.2, 0.25) is 0 Å². The van der Waals surface area contributed by atoms with Gasteiger partial charge in [0.15, 0.2) is 0 Å². The predicted octanol–water partition coefficient (Wildman–Crippen LogP) is 4.23. The van der Waals surface area contributed by atoms with Gasteiger partial charge in [-0.3, -0.25) is 0 Å². The van der Waals surface area contributed by atoms with Crippen LogP contribution < -0.4 is 4.90 Å². The van der Waals surface area contributed by atoms with Gasteiger partial charge in [-0.2, -0.15) is 0 Å². The smallest absolute Gasteiger partial charge is 0.132 e. The maximum atomic E-state index is 5.99. The van der Waals surface area contributed by atoms with Crippen molar-refractivity contribution in [2.45, 2.75) is 50.9 Å². The van der Waals surface area contributed by atoms with Crippen molar-refractivity contribution in [2.24, 2.45) is 5.92 Å². The number of pyridine rings is 1. The molecule has 1 fully saturated rings. The van der Waals surface area contributed by atoms with Crippen molar-refractivity contribution in [3.63, 3.8) is 0 Å². The normalized spacial score (nSPS) is 23.9. The highest BCUT2D eigenvalue weighted by Gasteiger charge is 2.24. The Labute approximate surface area is 115 Å². The van der Waals surface area contributed by atoms with E-state index in [-0.39, 0.29) is 0 Å². The first-order valence-corrected chi connectivity index (χ1v) is 7.52. The molecular formula is C15H23ClN2. The van der Waals surface area contributed by atoms with Crippen molar-refractivity contribution in [3.8, 4) is 0 Å². The van der Waals surface area contributed by atoms with E-state index in [4.69, 9.17) is 11.6 Å². The molecule has 1 saturated carbocycles. The summed E-state index contributed by atoms with van der Waals surface area (Å²) in [4.78, 5) is 6.84. The van der Waals surface area contributed by atoms with E-state index < -0.39 is 0 Å². The van der Waals surface area contributed by atoms with E-state index in [0.29, 0.717) is 11.9 Å². The molecular weight excluding hydrogens is 244 g/mol. The van der Waals surface area contributed by atoms with Crippen molar-refractivity contribution in [2.75, 3.05) is 11.9 Å². The summed E-state index contributed by atoms with van der Waals surface area (Å²) < 4.78 is 0. The highest BCUT2D eigenvalue weighted by Crippen LogP contribution is 2.31. The molecule has 0 spiro atoms. The molecule has 3 heteroatoms. The number of aromatic nitrogens is 1. The minimum atomic E-state index is 0.540. The second kappa shape index (κ2) is 6.42. The minimum Gasteiger partial charge on any atom is -0.356 e. The van der Waals surface area contributed by atoms with Crippen LogP contribution in [0.15, 0.2) is 18.3 Å². The summed E-state index contributed by atoms with van der Waals surface area (Å²) in [6.45, 7) is 2.30. The van der Waals surface area contributed by atoms with Crippen molar-refractivity contribution >= 4 is 17.4 Å². The lowest BCUT2D eigenvalue weighted by Gasteiger charge is -2.35. The monoisotopic (exact) mass is 266 g/mol. The predicted molar refractivity (Wildman–Crippen MR) is 78.2 cm³/mol. The number of alkyl halides is 1. The average molecular weight is 267 g/mol. The number of rotatable bonds is 4. The maximum absolute atomic E-state index is 5.99. The van der Waals surface area contributed by atoms with Crippen LogP contribution in [-0.2, 0) is 5.88 Å². The van der Waals surface area contributed by atoms with Crippen LogP contribution >= 0.6 is 11.6 Å². The molecule has 1 heterocycles. The molecule has 18 heavy (non-hydrogen) atoms. The van der Waals surface area contributed by atoms with E-state index in [9.17, 15) is 0 Å². The third-order valence-corrected chi connectivity index (χ3v) is 4.57. The van der Waals surface area contributed by atoms with E-state index in [1.54, 1.807) is 0 Å². The lowest BCUT2D eigenvalue weighted by atomic mass is 9.84. The van der Waals surface area contributed by atoms with Gasteiger partial charge in [-0.15, -0.1) is 11.6 Å². The van der Waals surface area contributed by atoms with E-state index >= 15 is 0 Å². The molecule has 2 nitrogen and oxygen atoms in total. The van der Waals surface area contributed by atoms with Gasteiger partial charge in [-0.1, -0.05) is 19.4 Å². The highest BCUT2D eigenvalue weighted by molar-refractivity contribution is 6.17.